The van der Waals surface area contributed by atoms with Gasteiger partial charge in [-0.2, -0.15) is 0 Å². The van der Waals surface area contributed by atoms with E-state index in [2.05, 4.69) is 15.9 Å². The van der Waals surface area contributed by atoms with Crippen molar-refractivity contribution in [3.63, 3.8) is 0 Å². The van der Waals surface area contributed by atoms with E-state index in [1.807, 2.05) is 19.0 Å². The van der Waals surface area contributed by atoms with Crippen LogP contribution in [0, 0.1) is 5.82 Å². The minimum absolute atomic E-state index is 0.204. The van der Waals surface area contributed by atoms with Gasteiger partial charge in [0.1, 0.15) is 5.82 Å². The lowest BCUT2D eigenvalue weighted by Crippen LogP contribution is -2.11. The Hall–Kier alpha value is -0.410. The topological polar surface area (TPSA) is 3.24 Å². The van der Waals surface area contributed by atoms with Gasteiger partial charge in [-0.1, -0.05) is 22.0 Å². The van der Waals surface area contributed by atoms with Crippen LogP contribution in [-0.2, 0) is 6.54 Å². The zero-order chi connectivity index (χ0) is 9.14. The number of nitrogens with zero attached hydrogens (tertiary/aromatic N) is 1. The summed E-state index contributed by atoms with van der Waals surface area (Å²) in [6, 6.07) is 4.75. The highest BCUT2D eigenvalue weighted by Crippen LogP contribution is 2.18. The van der Waals surface area contributed by atoms with Crippen molar-refractivity contribution in [1.82, 2.24) is 4.90 Å². The maximum Gasteiger partial charge on any atom is 0.124 e. The van der Waals surface area contributed by atoms with E-state index in [0.29, 0.717) is 0 Å². The molecule has 0 atom stereocenters. The number of halogens is 2. The molecule has 0 radical (unpaired) electrons. The van der Waals surface area contributed by atoms with Crippen LogP contribution in [0.15, 0.2) is 22.7 Å². The zero-order valence-electron chi connectivity index (χ0n) is 7.14. The van der Waals surface area contributed by atoms with Crippen molar-refractivity contribution >= 4 is 15.9 Å². The largest absolute Gasteiger partial charge is 0.305 e. The molecular weight excluding hydrogens is 221 g/mol. The van der Waals surface area contributed by atoms with Gasteiger partial charge < -0.3 is 4.90 Å². The lowest BCUT2D eigenvalue weighted by molar-refractivity contribution is 0.401. The predicted octanol–water partition coefficient (Wildman–Crippen LogP) is 2.65. The Morgan fingerprint density at radius 3 is 2.58 bits per heavy atom. The molecule has 3 heteroatoms. The van der Waals surface area contributed by atoms with Gasteiger partial charge in [0, 0.05) is 11.0 Å². The minimum Gasteiger partial charge on any atom is -0.305 e. The van der Waals surface area contributed by atoms with Crippen LogP contribution in [0.25, 0.3) is 0 Å². The second-order valence-corrected chi connectivity index (χ2v) is 3.83. The molecule has 1 aromatic carbocycles. The summed E-state index contributed by atoms with van der Waals surface area (Å²) in [5.74, 6) is -0.204. The van der Waals surface area contributed by atoms with Gasteiger partial charge in [0.2, 0.25) is 0 Å². The fraction of sp³-hybridized carbons (Fsp3) is 0.333. The van der Waals surface area contributed by atoms with Crippen LogP contribution < -0.4 is 0 Å². The fourth-order valence-corrected chi connectivity index (χ4v) is 1.47. The summed E-state index contributed by atoms with van der Waals surface area (Å²) in [6.45, 7) is 0.820. The number of benzene rings is 1. The third-order valence-corrected chi connectivity index (χ3v) is 2.24. The molecule has 0 spiro atoms. The van der Waals surface area contributed by atoms with Crippen molar-refractivity contribution in [1.29, 1.82) is 0 Å². The molecule has 66 valence electrons. The van der Waals surface area contributed by atoms with E-state index in [-0.39, 0.29) is 5.82 Å². The Morgan fingerprint density at radius 1 is 1.42 bits per heavy atom. The third-order valence-electron chi connectivity index (χ3n) is 1.50. The van der Waals surface area contributed by atoms with E-state index in [1.165, 1.54) is 12.1 Å². The molecule has 0 aromatic heterocycles. The van der Waals surface area contributed by atoms with Crippen molar-refractivity contribution in [2.24, 2.45) is 0 Å². The van der Waals surface area contributed by atoms with Gasteiger partial charge in [-0.3, -0.25) is 0 Å². The van der Waals surface area contributed by atoms with Gasteiger partial charge in [-0.05, 0) is 31.8 Å². The average Bonchev–Trinajstić information content (AvgIpc) is 1.94. The van der Waals surface area contributed by atoms with Crippen LogP contribution in [0.3, 0.4) is 0 Å². The molecule has 0 aliphatic heterocycles. The summed E-state index contributed by atoms with van der Waals surface area (Å²) in [4.78, 5) is 2.04. The molecule has 1 aromatic rings. The summed E-state index contributed by atoms with van der Waals surface area (Å²) >= 11 is 3.31. The van der Waals surface area contributed by atoms with Gasteiger partial charge in [-0.25, -0.2) is 4.39 Å². The molecule has 12 heavy (non-hydrogen) atoms. The molecule has 0 bridgehead atoms. The van der Waals surface area contributed by atoms with E-state index in [4.69, 9.17) is 0 Å². The smallest absolute Gasteiger partial charge is 0.124 e. The second-order valence-electron chi connectivity index (χ2n) is 2.97. The fourth-order valence-electron chi connectivity index (χ4n) is 0.991. The van der Waals surface area contributed by atoms with Crippen molar-refractivity contribution in [3.05, 3.63) is 34.1 Å². The molecule has 0 aliphatic rings. The third kappa shape index (κ3) is 2.57. The quantitative estimate of drug-likeness (QED) is 0.757. The maximum absolute atomic E-state index is 12.6. The van der Waals surface area contributed by atoms with E-state index in [1.54, 1.807) is 6.07 Å². The van der Waals surface area contributed by atoms with E-state index < -0.39 is 0 Å². The number of rotatable bonds is 2. The Kier molecular flexibility index (Phi) is 3.23. The van der Waals surface area contributed by atoms with Crippen LogP contribution in [0.4, 0.5) is 4.39 Å². The van der Waals surface area contributed by atoms with E-state index in [9.17, 15) is 4.39 Å². The molecule has 1 rings (SSSR count). The summed E-state index contributed by atoms with van der Waals surface area (Å²) in [7, 11) is 3.96. The van der Waals surface area contributed by atoms with Gasteiger partial charge in [0.25, 0.3) is 0 Å². The van der Waals surface area contributed by atoms with Gasteiger partial charge in [0.15, 0.2) is 0 Å². The monoisotopic (exact) mass is 231 g/mol. The Balaban J connectivity index is 2.86. The first kappa shape index (κ1) is 9.68. The zero-order valence-corrected chi connectivity index (χ0v) is 8.73. The summed E-state index contributed by atoms with van der Waals surface area (Å²) in [5.41, 5.74) is 1.10. The van der Waals surface area contributed by atoms with Crippen molar-refractivity contribution in [2.45, 2.75) is 6.54 Å². The lowest BCUT2D eigenvalue weighted by Gasteiger charge is -2.10. The normalized spacial score (nSPS) is 10.8. The molecule has 0 aliphatic carbocycles. The lowest BCUT2D eigenvalue weighted by atomic mass is 10.2. The predicted molar refractivity (Wildman–Crippen MR) is 51.5 cm³/mol. The second kappa shape index (κ2) is 4.01. The van der Waals surface area contributed by atoms with Crippen molar-refractivity contribution < 1.29 is 4.39 Å². The van der Waals surface area contributed by atoms with Crippen molar-refractivity contribution in [3.8, 4) is 0 Å². The molecule has 0 N–H and O–H groups in total. The first-order valence-corrected chi connectivity index (χ1v) is 4.47. The molecule has 0 saturated carbocycles. The Morgan fingerprint density at radius 2 is 2.08 bits per heavy atom. The van der Waals surface area contributed by atoms with Crippen LogP contribution in [0.5, 0.6) is 0 Å². The molecule has 0 heterocycles. The Labute approximate surface area is 80.3 Å². The van der Waals surface area contributed by atoms with E-state index >= 15 is 0 Å². The number of hydrogen-bond acceptors (Lipinski definition) is 1. The molecular formula is C9H11BrFN. The maximum atomic E-state index is 12.6. The number of hydrogen-bond donors (Lipinski definition) is 0. The first-order chi connectivity index (χ1) is 5.59. The average molecular weight is 232 g/mol. The van der Waals surface area contributed by atoms with Crippen LogP contribution in [0.2, 0.25) is 0 Å². The summed E-state index contributed by atoms with van der Waals surface area (Å²) < 4.78 is 13.5. The van der Waals surface area contributed by atoms with Crippen LogP contribution in [-0.4, -0.2) is 19.0 Å². The van der Waals surface area contributed by atoms with Gasteiger partial charge in [0.05, 0.1) is 0 Å². The summed E-state index contributed by atoms with van der Waals surface area (Å²) in [5, 5.41) is 0. The SMILES string of the molecule is CN(C)Cc1ccc(F)cc1Br. The molecule has 0 fully saturated rings. The van der Waals surface area contributed by atoms with Gasteiger partial charge >= 0.3 is 0 Å². The Bertz CT molecular complexity index is 273. The first-order valence-electron chi connectivity index (χ1n) is 3.68. The highest BCUT2D eigenvalue weighted by molar-refractivity contribution is 9.10. The summed E-state index contributed by atoms with van der Waals surface area (Å²) in [6.07, 6.45) is 0. The van der Waals surface area contributed by atoms with Crippen LogP contribution >= 0.6 is 15.9 Å². The highest BCUT2D eigenvalue weighted by atomic mass is 79.9. The minimum atomic E-state index is -0.204. The highest BCUT2D eigenvalue weighted by Gasteiger charge is 2.01. The molecule has 0 amide bonds. The van der Waals surface area contributed by atoms with Crippen LogP contribution in [0.1, 0.15) is 5.56 Å². The van der Waals surface area contributed by atoms with Gasteiger partial charge in [-0.15, -0.1) is 0 Å². The molecule has 0 unspecified atom stereocenters. The molecule has 1 nitrogen and oxygen atoms in total. The molecule has 0 saturated heterocycles. The van der Waals surface area contributed by atoms with Crippen molar-refractivity contribution in [2.75, 3.05) is 14.1 Å². The van der Waals surface area contributed by atoms with E-state index in [0.717, 1.165) is 16.6 Å². The standard InChI is InChI=1S/C9H11BrFN/c1-12(2)6-7-3-4-8(11)5-9(7)10/h3-5H,6H2,1-2H3.